The molecular weight excluding hydrogens is 251 g/mol. The molecule has 0 amide bonds. The normalized spacial score (nSPS) is 12.3. The number of hydrogen-bond acceptors (Lipinski definition) is 3. The van der Waals surface area contributed by atoms with Crippen LogP contribution in [0.1, 0.15) is 57.1 Å². The summed E-state index contributed by atoms with van der Waals surface area (Å²) in [4.78, 5) is 0. The molecule has 0 aromatic heterocycles. The van der Waals surface area contributed by atoms with Crippen LogP contribution >= 0.6 is 0 Å². The fraction of sp³-hybridized carbons (Fsp3) is 0.625. The van der Waals surface area contributed by atoms with Gasteiger partial charge in [0, 0.05) is 0 Å². The predicted molar refractivity (Wildman–Crippen MR) is 84.6 cm³/mol. The minimum absolute atomic E-state index is 0.189. The van der Waals surface area contributed by atoms with Crippen LogP contribution < -0.4 is 10.2 Å². The average Bonchev–Trinajstić information content (AvgIpc) is 2.38. The maximum Gasteiger partial charge on any atom is 0.488 e. The fourth-order valence-electron chi connectivity index (χ4n) is 2.44. The first-order valence-electron chi connectivity index (χ1n) is 7.59. The molecule has 0 unspecified atom stereocenters. The Balaban J connectivity index is 2.63. The van der Waals surface area contributed by atoms with E-state index in [1.807, 2.05) is 13.8 Å². The Morgan fingerprint density at radius 2 is 1.70 bits per heavy atom. The van der Waals surface area contributed by atoms with Crippen LogP contribution in [0.2, 0.25) is 0 Å². The zero-order valence-corrected chi connectivity index (χ0v) is 13.1. The van der Waals surface area contributed by atoms with Crippen LogP contribution in [0.4, 0.5) is 0 Å². The number of rotatable bonds is 8. The van der Waals surface area contributed by atoms with Crippen molar-refractivity contribution in [3.8, 4) is 5.75 Å². The lowest BCUT2D eigenvalue weighted by molar-refractivity contribution is 0.204. The van der Waals surface area contributed by atoms with Gasteiger partial charge < -0.3 is 14.8 Å². The SMILES string of the molecule is CCCCCC[C@@H](C)Oc1c(C)cc(B(O)O)cc1C. The standard InChI is InChI=1S/C16H27BO3/c1-5-6-7-8-9-14(4)20-16-12(2)10-15(17(18)19)11-13(16)3/h10-11,14,18-19H,5-9H2,1-4H3/t14-/m1/s1. The van der Waals surface area contributed by atoms with E-state index in [0.717, 1.165) is 23.3 Å². The Bertz CT molecular complexity index is 395. The highest BCUT2D eigenvalue weighted by molar-refractivity contribution is 6.58. The molecule has 0 aliphatic heterocycles. The van der Waals surface area contributed by atoms with Crippen molar-refractivity contribution in [2.75, 3.05) is 0 Å². The largest absolute Gasteiger partial charge is 0.490 e. The monoisotopic (exact) mass is 278 g/mol. The zero-order valence-electron chi connectivity index (χ0n) is 13.1. The van der Waals surface area contributed by atoms with Crippen LogP contribution in [0.3, 0.4) is 0 Å². The first-order valence-corrected chi connectivity index (χ1v) is 7.59. The molecule has 2 N–H and O–H groups in total. The Labute approximate surface area is 123 Å². The second-order valence-corrected chi connectivity index (χ2v) is 5.64. The third-order valence-electron chi connectivity index (χ3n) is 3.56. The van der Waals surface area contributed by atoms with Crippen LogP contribution in [0, 0.1) is 13.8 Å². The fourth-order valence-corrected chi connectivity index (χ4v) is 2.44. The molecule has 112 valence electrons. The molecule has 0 fully saturated rings. The second-order valence-electron chi connectivity index (χ2n) is 5.64. The molecule has 20 heavy (non-hydrogen) atoms. The lowest BCUT2D eigenvalue weighted by Gasteiger charge is -2.19. The Morgan fingerprint density at radius 3 is 2.20 bits per heavy atom. The maximum atomic E-state index is 9.23. The molecule has 1 atom stereocenters. The molecule has 0 heterocycles. The van der Waals surface area contributed by atoms with E-state index in [9.17, 15) is 10.0 Å². The summed E-state index contributed by atoms with van der Waals surface area (Å²) in [5, 5.41) is 18.5. The van der Waals surface area contributed by atoms with Crippen molar-refractivity contribution in [1.82, 2.24) is 0 Å². The molecule has 0 saturated carbocycles. The Kier molecular flexibility index (Phi) is 7.10. The number of aryl methyl sites for hydroxylation is 2. The van der Waals surface area contributed by atoms with E-state index in [0.29, 0.717) is 5.46 Å². The topological polar surface area (TPSA) is 49.7 Å². The minimum atomic E-state index is -1.42. The van der Waals surface area contributed by atoms with Crippen molar-refractivity contribution in [3.63, 3.8) is 0 Å². The summed E-state index contributed by atoms with van der Waals surface area (Å²) in [6.07, 6.45) is 6.24. The molecule has 3 nitrogen and oxygen atoms in total. The van der Waals surface area contributed by atoms with Gasteiger partial charge in [-0.3, -0.25) is 0 Å². The van der Waals surface area contributed by atoms with Gasteiger partial charge >= 0.3 is 7.12 Å². The van der Waals surface area contributed by atoms with E-state index in [-0.39, 0.29) is 6.10 Å². The Hall–Kier alpha value is -0.995. The number of ether oxygens (including phenoxy) is 1. The molecular formula is C16H27BO3. The summed E-state index contributed by atoms with van der Waals surface area (Å²) in [6.45, 7) is 8.19. The van der Waals surface area contributed by atoms with Gasteiger partial charge in [-0.2, -0.15) is 0 Å². The third-order valence-corrected chi connectivity index (χ3v) is 3.56. The summed E-state index contributed by atoms with van der Waals surface area (Å²) in [5.41, 5.74) is 2.42. The van der Waals surface area contributed by atoms with Crippen LogP contribution in [0.25, 0.3) is 0 Å². The summed E-state index contributed by atoms with van der Waals surface area (Å²) < 4.78 is 6.03. The maximum absolute atomic E-state index is 9.23. The van der Waals surface area contributed by atoms with E-state index in [1.54, 1.807) is 12.1 Å². The number of unbranched alkanes of at least 4 members (excludes halogenated alkanes) is 3. The van der Waals surface area contributed by atoms with Crippen LogP contribution in [-0.2, 0) is 0 Å². The van der Waals surface area contributed by atoms with Crippen LogP contribution in [0.5, 0.6) is 5.75 Å². The molecule has 0 radical (unpaired) electrons. The quantitative estimate of drug-likeness (QED) is 0.568. The molecule has 0 spiro atoms. The summed E-state index contributed by atoms with van der Waals surface area (Å²) >= 11 is 0. The summed E-state index contributed by atoms with van der Waals surface area (Å²) in [6, 6.07) is 3.55. The molecule has 0 aliphatic carbocycles. The van der Waals surface area contributed by atoms with E-state index in [2.05, 4.69) is 13.8 Å². The predicted octanol–water partition coefficient (Wildman–Crippen LogP) is 2.72. The van der Waals surface area contributed by atoms with Gasteiger partial charge in [-0.15, -0.1) is 0 Å². The van der Waals surface area contributed by atoms with Crippen molar-refractivity contribution in [3.05, 3.63) is 23.3 Å². The van der Waals surface area contributed by atoms with Crippen molar-refractivity contribution >= 4 is 12.6 Å². The number of benzene rings is 1. The van der Waals surface area contributed by atoms with E-state index in [1.165, 1.54) is 25.7 Å². The second kappa shape index (κ2) is 8.33. The van der Waals surface area contributed by atoms with Gasteiger partial charge in [0.2, 0.25) is 0 Å². The van der Waals surface area contributed by atoms with Gasteiger partial charge in [0.1, 0.15) is 5.75 Å². The lowest BCUT2D eigenvalue weighted by atomic mass is 9.78. The number of hydrogen-bond donors (Lipinski definition) is 2. The zero-order chi connectivity index (χ0) is 15.1. The molecule has 0 bridgehead atoms. The smallest absolute Gasteiger partial charge is 0.488 e. The van der Waals surface area contributed by atoms with Crippen LogP contribution in [0.15, 0.2) is 12.1 Å². The molecule has 4 heteroatoms. The van der Waals surface area contributed by atoms with Gasteiger partial charge in [0.25, 0.3) is 0 Å². The van der Waals surface area contributed by atoms with Gasteiger partial charge in [-0.1, -0.05) is 38.3 Å². The highest BCUT2D eigenvalue weighted by Crippen LogP contribution is 2.24. The molecule has 1 rings (SSSR count). The van der Waals surface area contributed by atoms with Gasteiger partial charge in [0.15, 0.2) is 0 Å². The highest BCUT2D eigenvalue weighted by atomic mass is 16.5. The molecule has 1 aromatic rings. The van der Waals surface area contributed by atoms with Crippen molar-refractivity contribution in [2.45, 2.75) is 65.9 Å². The summed E-state index contributed by atoms with van der Waals surface area (Å²) in [7, 11) is -1.42. The van der Waals surface area contributed by atoms with Crippen LogP contribution in [-0.4, -0.2) is 23.3 Å². The first-order chi connectivity index (χ1) is 9.45. The van der Waals surface area contributed by atoms with E-state index >= 15 is 0 Å². The average molecular weight is 278 g/mol. The lowest BCUT2D eigenvalue weighted by Crippen LogP contribution is -2.30. The van der Waals surface area contributed by atoms with Gasteiger partial charge in [0.05, 0.1) is 6.10 Å². The molecule has 1 aromatic carbocycles. The van der Waals surface area contributed by atoms with Gasteiger partial charge in [-0.25, -0.2) is 0 Å². The minimum Gasteiger partial charge on any atom is -0.490 e. The Morgan fingerprint density at radius 1 is 1.10 bits per heavy atom. The van der Waals surface area contributed by atoms with E-state index in [4.69, 9.17) is 4.74 Å². The third kappa shape index (κ3) is 5.18. The first kappa shape index (κ1) is 17.1. The highest BCUT2D eigenvalue weighted by Gasteiger charge is 2.16. The van der Waals surface area contributed by atoms with Crippen molar-refractivity contribution < 1.29 is 14.8 Å². The molecule has 0 aliphatic rings. The van der Waals surface area contributed by atoms with E-state index < -0.39 is 7.12 Å². The van der Waals surface area contributed by atoms with Crippen molar-refractivity contribution in [2.24, 2.45) is 0 Å². The summed E-state index contributed by atoms with van der Waals surface area (Å²) in [5.74, 6) is 0.873. The van der Waals surface area contributed by atoms with Crippen molar-refractivity contribution in [1.29, 1.82) is 0 Å². The van der Waals surface area contributed by atoms with Gasteiger partial charge in [-0.05, 0) is 50.2 Å². The molecule has 0 saturated heterocycles.